The Morgan fingerprint density at radius 2 is 2.12 bits per heavy atom. The van der Waals surface area contributed by atoms with Crippen LogP contribution in [-0.4, -0.2) is 17.0 Å². The molecule has 5 nitrogen and oxygen atoms in total. The molecule has 8 heteroatoms. The minimum atomic E-state index is -0.325. The summed E-state index contributed by atoms with van der Waals surface area (Å²) in [5, 5.41) is 9.02. The van der Waals surface area contributed by atoms with Gasteiger partial charge < -0.3 is 13.9 Å². The van der Waals surface area contributed by atoms with E-state index in [1.807, 2.05) is 12.1 Å². The molecule has 0 atom stereocenters. The van der Waals surface area contributed by atoms with Crippen molar-refractivity contribution in [1.82, 2.24) is 10.2 Å². The summed E-state index contributed by atoms with van der Waals surface area (Å²) in [6, 6.07) is 10.0. The van der Waals surface area contributed by atoms with Crippen LogP contribution in [0.1, 0.15) is 11.1 Å². The van der Waals surface area contributed by atoms with E-state index < -0.39 is 0 Å². The van der Waals surface area contributed by atoms with E-state index in [0.29, 0.717) is 39.8 Å². The molecule has 0 unspecified atom stereocenters. The maximum absolute atomic E-state index is 13.8. The Balaban J connectivity index is 1.52. The Morgan fingerprint density at radius 1 is 1.20 bits per heavy atom. The van der Waals surface area contributed by atoms with E-state index in [4.69, 9.17) is 25.5 Å². The molecule has 2 aromatic carbocycles. The molecule has 1 aliphatic heterocycles. The highest BCUT2D eigenvalue weighted by Gasteiger charge is 2.18. The van der Waals surface area contributed by atoms with Gasteiger partial charge in [-0.3, -0.25) is 0 Å². The van der Waals surface area contributed by atoms with Crippen molar-refractivity contribution in [1.29, 1.82) is 0 Å². The van der Waals surface area contributed by atoms with Crippen molar-refractivity contribution in [3.63, 3.8) is 0 Å². The highest BCUT2D eigenvalue weighted by Crippen LogP contribution is 2.34. The van der Waals surface area contributed by atoms with E-state index in [-0.39, 0.29) is 12.6 Å². The maximum atomic E-state index is 13.8. The molecule has 0 saturated carbocycles. The fourth-order valence-corrected chi connectivity index (χ4v) is 3.43. The molecule has 4 rings (SSSR count). The molecular weight excluding hydrogens is 367 g/mol. The van der Waals surface area contributed by atoms with Gasteiger partial charge >= 0.3 is 0 Å². The van der Waals surface area contributed by atoms with Gasteiger partial charge in [0.1, 0.15) is 11.6 Å². The first-order valence-corrected chi connectivity index (χ1v) is 8.79. The first kappa shape index (κ1) is 16.4. The van der Waals surface area contributed by atoms with Crippen molar-refractivity contribution in [2.24, 2.45) is 0 Å². The van der Waals surface area contributed by atoms with Crippen LogP contribution in [0.25, 0.3) is 11.5 Å². The molecule has 0 spiro atoms. The van der Waals surface area contributed by atoms with Gasteiger partial charge in [0.05, 0.1) is 6.61 Å². The third-order valence-corrected chi connectivity index (χ3v) is 4.68. The Bertz CT molecular complexity index is 919. The summed E-state index contributed by atoms with van der Waals surface area (Å²) in [7, 11) is 0. The fourth-order valence-electron chi connectivity index (χ4n) is 2.51. The third-order valence-electron chi connectivity index (χ3n) is 3.58. The van der Waals surface area contributed by atoms with Crippen molar-refractivity contribution >= 4 is 23.4 Å². The van der Waals surface area contributed by atoms with Crippen LogP contribution in [0.15, 0.2) is 46.0 Å². The van der Waals surface area contributed by atoms with Crippen LogP contribution >= 0.6 is 23.4 Å². The number of rotatable bonds is 4. The van der Waals surface area contributed by atoms with E-state index >= 15 is 0 Å². The van der Waals surface area contributed by atoms with E-state index in [1.54, 1.807) is 12.1 Å². The molecule has 0 bridgehead atoms. The number of benzene rings is 2. The highest BCUT2D eigenvalue weighted by molar-refractivity contribution is 7.98. The van der Waals surface area contributed by atoms with Gasteiger partial charge in [0.25, 0.3) is 5.22 Å². The summed E-state index contributed by atoms with van der Waals surface area (Å²) in [5.41, 5.74) is 2.17. The highest BCUT2D eigenvalue weighted by atomic mass is 35.5. The normalized spacial score (nSPS) is 13.4. The second-order valence-corrected chi connectivity index (χ2v) is 6.70. The van der Waals surface area contributed by atoms with E-state index in [1.165, 1.54) is 23.9 Å². The Labute approximate surface area is 152 Å². The van der Waals surface area contributed by atoms with Crippen molar-refractivity contribution in [3.05, 3.63) is 58.4 Å². The monoisotopic (exact) mass is 378 g/mol. The summed E-state index contributed by atoms with van der Waals surface area (Å²) < 4.78 is 30.1. The molecule has 0 aliphatic carbocycles. The first-order chi connectivity index (χ1) is 12.2. The zero-order chi connectivity index (χ0) is 17.2. The zero-order valence-electron chi connectivity index (χ0n) is 12.9. The fraction of sp³-hybridized carbons (Fsp3) is 0.176. The van der Waals surface area contributed by atoms with Crippen LogP contribution in [-0.2, 0) is 17.1 Å². The van der Waals surface area contributed by atoms with E-state index in [9.17, 15) is 4.39 Å². The lowest BCUT2D eigenvalue weighted by molar-refractivity contribution is -0.0171. The SMILES string of the molecule is Fc1cc2c(c(CSc3nnc(-c4cccc(Cl)c4)o3)c1)OCOC2. The lowest BCUT2D eigenvalue weighted by Crippen LogP contribution is -2.13. The zero-order valence-corrected chi connectivity index (χ0v) is 14.4. The van der Waals surface area contributed by atoms with Crippen LogP contribution in [0.5, 0.6) is 5.75 Å². The van der Waals surface area contributed by atoms with E-state index in [0.717, 1.165) is 11.1 Å². The molecule has 128 valence electrons. The number of aromatic nitrogens is 2. The van der Waals surface area contributed by atoms with Crippen LogP contribution in [0.2, 0.25) is 5.02 Å². The van der Waals surface area contributed by atoms with Crippen LogP contribution in [0, 0.1) is 5.82 Å². The molecule has 25 heavy (non-hydrogen) atoms. The van der Waals surface area contributed by atoms with Crippen LogP contribution < -0.4 is 4.74 Å². The molecule has 0 radical (unpaired) electrons. The molecule has 1 aliphatic rings. The van der Waals surface area contributed by atoms with Gasteiger partial charge in [0.2, 0.25) is 5.89 Å². The maximum Gasteiger partial charge on any atom is 0.277 e. The predicted octanol–water partition coefficient (Wildman–Crippen LogP) is 4.69. The van der Waals surface area contributed by atoms with Crippen LogP contribution in [0.4, 0.5) is 4.39 Å². The quantitative estimate of drug-likeness (QED) is 0.614. The number of thioether (sulfide) groups is 1. The predicted molar refractivity (Wildman–Crippen MR) is 91.0 cm³/mol. The first-order valence-electron chi connectivity index (χ1n) is 7.43. The Kier molecular flexibility index (Phi) is 4.61. The molecule has 0 saturated heterocycles. The summed E-state index contributed by atoms with van der Waals surface area (Å²) in [4.78, 5) is 0. The lowest BCUT2D eigenvalue weighted by Gasteiger charge is -2.20. The van der Waals surface area contributed by atoms with Crippen molar-refractivity contribution in [2.45, 2.75) is 17.6 Å². The van der Waals surface area contributed by atoms with Gasteiger partial charge in [-0.05, 0) is 30.3 Å². The van der Waals surface area contributed by atoms with Crippen molar-refractivity contribution in [3.8, 4) is 17.2 Å². The molecular formula is C17H12ClFN2O3S. The summed E-state index contributed by atoms with van der Waals surface area (Å²) in [5.74, 6) is 1.16. The van der Waals surface area contributed by atoms with Crippen LogP contribution in [0.3, 0.4) is 0 Å². The lowest BCUT2D eigenvalue weighted by atomic mass is 10.1. The van der Waals surface area contributed by atoms with Crippen molar-refractivity contribution < 1.29 is 18.3 Å². The van der Waals surface area contributed by atoms with Gasteiger partial charge in [-0.25, -0.2) is 4.39 Å². The van der Waals surface area contributed by atoms with Gasteiger partial charge in [0, 0.05) is 27.5 Å². The minimum absolute atomic E-state index is 0.162. The number of hydrogen-bond acceptors (Lipinski definition) is 6. The standard InChI is InChI=1S/C17H12ClFN2O3S/c18-13-3-1-2-10(4-13)16-20-21-17(24-16)25-8-12-6-14(19)5-11-7-22-9-23-15(11)12/h1-6H,7-9H2. The van der Waals surface area contributed by atoms with Gasteiger partial charge in [0.15, 0.2) is 6.79 Å². The largest absolute Gasteiger partial charge is 0.467 e. The van der Waals surface area contributed by atoms with Gasteiger partial charge in [-0.2, -0.15) is 0 Å². The number of halogens is 2. The average molecular weight is 379 g/mol. The smallest absolute Gasteiger partial charge is 0.277 e. The number of ether oxygens (including phenoxy) is 2. The second kappa shape index (κ2) is 7.03. The van der Waals surface area contributed by atoms with Gasteiger partial charge in [-0.1, -0.05) is 29.4 Å². The Morgan fingerprint density at radius 3 is 3.00 bits per heavy atom. The topological polar surface area (TPSA) is 57.4 Å². The number of hydrogen-bond donors (Lipinski definition) is 0. The molecule has 1 aromatic heterocycles. The average Bonchev–Trinajstić information content (AvgIpc) is 3.08. The third kappa shape index (κ3) is 3.63. The molecule has 0 N–H and O–H groups in total. The molecule has 0 amide bonds. The second-order valence-electron chi connectivity index (χ2n) is 5.34. The summed E-state index contributed by atoms with van der Waals surface area (Å²) in [6.45, 7) is 0.500. The minimum Gasteiger partial charge on any atom is -0.467 e. The summed E-state index contributed by atoms with van der Waals surface area (Å²) >= 11 is 7.28. The van der Waals surface area contributed by atoms with E-state index in [2.05, 4.69) is 10.2 Å². The molecule has 0 fully saturated rings. The van der Waals surface area contributed by atoms with Gasteiger partial charge in [-0.15, -0.1) is 10.2 Å². The molecule has 2 heterocycles. The Hall–Kier alpha value is -2.09. The number of fused-ring (bicyclic) bond motifs is 1. The molecule has 3 aromatic rings. The number of nitrogens with zero attached hydrogens (tertiary/aromatic N) is 2. The summed E-state index contributed by atoms with van der Waals surface area (Å²) in [6.07, 6.45) is 0. The van der Waals surface area contributed by atoms with Crippen molar-refractivity contribution in [2.75, 3.05) is 6.79 Å².